The highest BCUT2D eigenvalue weighted by Crippen LogP contribution is 2.24. The van der Waals surface area contributed by atoms with Crippen molar-refractivity contribution in [3.8, 4) is 0 Å². The predicted molar refractivity (Wildman–Crippen MR) is 88.8 cm³/mol. The Labute approximate surface area is 140 Å². The van der Waals surface area contributed by atoms with Gasteiger partial charge in [-0.3, -0.25) is 4.79 Å². The molecule has 1 atom stereocenters. The lowest BCUT2D eigenvalue weighted by molar-refractivity contribution is 0.0394. The summed E-state index contributed by atoms with van der Waals surface area (Å²) in [5.41, 5.74) is 1.37. The number of nitrogens with zero attached hydrogens (tertiary/aromatic N) is 3. The van der Waals surface area contributed by atoms with E-state index in [1.54, 1.807) is 12.1 Å². The molecule has 1 saturated heterocycles. The normalized spacial score (nSPS) is 17.5. The van der Waals surface area contributed by atoms with Gasteiger partial charge in [0.15, 0.2) is 11.5 Å². The van der Waals surface area contributed by atoms with Crippen molar-refractivity contribution >= 4 is 11.7 Å². The number of anilines is 1. The van der Waals surface area contributed by atoms with E-state index in [0.29, 0.717) is 13.2 Å². The van der Waals surface area contributed by atoms with Crippen LogP contribution in [0.3, 0.4) is 0 Å². The first kappa shape index (κ1) is 16.4. The fourth-order valence-corrected chi connectivity index (χ4v) is 2.60. The molecule has 0 spiro atoms. The molecule has 0 bridgehead atoms. The fourth-order valence-electron chi connectivity index (χ4n) is 2.60. The van der Waals surface area contributed by atoms with Gasteiger partial charge in [-0.25, -0.2) is 0 Å². The summed E-state index contributed by atoms with van der Waals surface area (Å²) in [6.45, 7) is 2.12. The lowest BCUT2D eigenvalue weighted by atomic mass is 10.1. The zero-order valence-electron chi connectivity index (χ0n) is 13.3. The first-order valence-corrected chi connectivity index (χ1v) is 7.92. The van der Waals surface area contributed by atoms with Gasteiger partial charge in [0, 0.05) is 19.6 Å². The van der Waals surface area contributed by atoms with Crippen LogP contribution in [0.5, 0.6) is 0 Å². The van der Waals surface area contributed by atoms with Crippen molar-refractivity contribution in [1.29, 1.82) is 0 Å². The summed E-state index contributed by atoms with van der Waals surface area (Å²) in [5, 5.41) is 19.4. The highest BCUT2D eigenvalue weighted by Gasteiger charge is 2.23. The number of amides is 1. The van der Waals surface area contributed by atoms with Crippen LogP contribution in [0.25, 0.3) is 0 Å². The van der Waals surface area contributed by atoms with Crippen molar-refractivity contribution in [1.82, 2.24) is 15.5 Å². The van der Waals surface area contributed by atoms with Gasteiger partial charge in [-0.2, -0.15) is 0 Å². The summed E-state index contributed by atoms with van der Waals surface area (Å²) >= 11 is 0. The van der Waals surface area contributed by atoms with Crippen LogP contribution < -0.4 is 10.2 Å². The molecule has 1 aliphatic heterocycles. The minimum absolute atomic E-state index is 0.00530. The zero-order valence-corrected chi connectivity index (χ0v) is 13.3. The molecule has 1 amide bonds. The van der Waals surface area contributed by atoms with Crippen LogP contribution in [-0.2, 0) is 4.74 Å². The molecule has 1 fully saturated rings. The molecule has 1 aromatic heterocycles. The Morgan fingerprint density at radius 2 is 2.08 bits per heavy atom. The molecule has 1 aliphatic rings. The summed E-state index contributed by atoms with van der Waals surface area (Å²) in [6, 6.07) is 13.5. The molecule has 3 rings (SSSR count). The van der Waals surface area contributed by atoms with Gasteiger partial charge >= 0.3 is 0 Å². The Balaban J connectivity index is 1.66. The predicted octanol–water partition coefficient (Wildman–Crippen LogP) is 0.777. The number of carbonyl (C=O) groups excluding carboxylic acids is 1. The highest BCUT2D eigenvalue weighted by atomic mass is 16.5. The number of ether oxygens (including phenoxy) is 1. The first-order chi connectivity index (χ1) is 11.8. The standard InChI is InChI=1S/C17H20N4O3/c22-10-8-18-17(23)14-6-7-16(20-19-14)21-9-11-24-15(12-21)13-4-2-1-3-5-13/h1-7,15,22H,8-12H2,(H,18,23)/t15-/m0/s1. The Morgan fingerprint density at radius 3 is 2.79 bits per heavy atom. The van der Waals surface area contributed by atoms with E-state index in [4.69, 9.17) is 9.84 Å². The SMILES string of the molecule is O=C(NCCO)c1ccc(N2CCO[C@H](c3ccccc3)C2)nn1. The van der Waals surface area contributed by atoms with E-state index in [1.165, 1.54) is 0 Å². The number of rotatable bonds is 5. The van der Waals surface area contributed by atoms with Crippen LogP contribution in [0.15, 0.2) is 42.5 Å². The zero-order chi connectivity index (χ0) is 16.8. The lowest BCUT2D eigenvalue weighted by Gasteiger charge is -2.33. The second kappa shape index (κ2) is 7.85. The van der Waals surface area contributed by atoms with E-state index in [1.807, 2.05) is 18.2 Å². The van der Waals surface area contributed by atoms with E-state index >= 15 is 0 Å². The number of aliphatic hydroxyl groups excluding tert-OH is 1. The summed E-state index contributed by atoms with van der Waals surface area (Å²) in [4.78, 5) is 13.9. The molecule has 7 heteroatoms. The molecule has 24 heavy (non-hydrogen) atoms. The van der Waals surface area contributed by atoms with Gasteiger partial charge in [-0.05, 0) is 17.7 Å². The Morgan fingerprint density at radius 1 is 1.25 bits per heavy atom. The van der Waals surface area contributed by atoms with Crippen molar-refractivity contribution < 1.29 is 14.6 Å². The number of carbonyl (C=O) groups is 1. The van der Waals surface area contributed by atoms with Crippen molar-refractivity contribution in [3.63, 3.8) is 0 Å². The van der Waals surface area contributed by atoms with Gasteiger partial charge in [-0.15, -0.1) is 10.2 Å². The lowest BCUT2D eigenvalue weighted by Crippen LogP contribution is -2.39. The summed E-state index contributed by atoms with van der Waals surface area (Å²) < 4.78 is 5.84. The van der Waals surface area contributed by atoms with Crippen LogP contribution in [0.1, 0.15) is 22.2 Å². The number of hydrogen-bond donors (Lipinski definition) is 2. The monoisotopic (exact) mass is 328 g/mol. The van der Waals surface area contributed by atoms with Gasteiger partial charge in [0.25, 0.3) is 5.91 Å². The summed E-state index contributed by atoms with van der Waals surface area (Å²) in [5.74, 6) is 0.380. The molecule has 1 aromatic carbocycles. The molecule has 0 radical (unpaired) electrons. The Bertz CT molecular complexity index is 663. The molecular formula is C17H20N4O3. The van der Waals surface area contributed by atoms with Crippen LogP contribution >= 0.6 is 0 Å². The van der Waals surface area contributed by atoms with Crippen molar-refractivity contribution in [2.75, 3.05) is 37.7 Å². The molecule has 0 saturated carbocycles. The number of benzene rings is 1. The number of aromatic nitrogens is 2. The molecule has 2 heterocycles. The third-order valence-electron chi connectivity index (χ3n) is 3.84. The minimum atomic E-state index is -0.341. The molecule has 0 unspecified atom stereocenters. The number of nitrogens with one attached hydrogen (secondary N) is 1. The van der Waals surface area contributed by atoms with E-state index < -0.39 is 0 Å². The van der Waals surface area contributed by atoms with Gasteiger partial charge in [-0.1, -0.05) is 30.3 Å². The van der Waals surface area contributed by atoms with Crippen molar-refractivity contribution in [2.24, 2.45) is 0 Å². The third kappa shape index (κ3) is 3.87. The first-order valence-electron chi connectivity index (χ1n) is 7.92. The van der Waals surface area contributed by atoms with Crippen LogP contribution in [-0.4, -0.2) is 54.1 Å². The highest BCUT2D eigenvalue weighted by molar-refractivity contribution is 5.92. The minimum Gasteiger partial charge on any atom is -0.395 e. The fraction of sp³-hybridized carbons (Fsp3) is 0.353. The second-order valence-electron chi connectivity index (χ2n) is 5.47. The third-order valence-corrected chi connectivity index (χ3v) is 3.84. The van der Waals surface area contributed by atoms with E-state index in [0.717, 1.165) is 17.9 Å². The number of aliphatic hydroxyl groups is 1. The molecule has 2 N–H and O–H groups in total. The maximum absolute atomic E-state index is 11.8. The van der Waals surface area contributed by atoms with Gasteiger partial charge in [0.05, 0.1) is 13.2 Å². The van der Waals surface area contributed by atoms with Crippen LogP contribution in [0, 0.1) is 0 Å². The number of hydrogen-bond acceptors (Lipinski definition) is 6. The smallest absolute Gasteiger partial charge is 0.271 e. The summed E-state index contributed by atoms with van der Waals surface area (Å²) in [7, 11) is 0. The summed E-state index contributed by atoms with van der Waals surface area (Å²) in [6.07, 6.45) is -0.00530. The largest absolute Gasteiger partial charge is 0.395 e. The Kier molecular flexibility index (Phi) is 5.35. The van der Waals surface area contributed by atoms with Gasteiger partial charge in [0.1, 0.15) is 6.10 Å². The maximum atomic E-state index is 11.8. The average molecular weight is 328 g/mol. The molecule has 0 aliphatic carbocycles. The van der Waals surface area contributed by atoms with E-state index in [9.17, 15) is 4.79 Å². The molecule has 2 aromatic rings. The van der Waals surface area contributed by atoms with Gasteiger partial charge in [0.2, 0.25) is 0 Å². The van der Waals surface area contributed by atoms with Crippen LogP contribution in [0.4, 0.5) is 5.82 Å². The van der Waals surface area contributed by atoms with E-state index in [2.05, 4.69) is 32.5 Å². The Hall–Kier alpha value is -2.51. The van der Waals surface area contributed by atoms with Crippen LogP contribution in [0.2, 0.25) is 0 Å². The molecule has 126 valence electrons. The van der Waals surface area contributed by atoms with Gasteiger partial charge < -0.3 is 20.1 Å². The average Bonchev–Trinajstić information content (AvgIpc) is 2.67. The maximum Gasteiger partial charge on any atom is 0.271 e. The van der Waals surface area contributed by atoms with Crippen molar-refractivity contribution in [2.45, 2.75) is 6.10 Å². The van der Waals surface area contributed by atoms with Crippen molar-refractivity contribution in [3.05, 3.63) is 53.7 Å². The second-order valence-corrected chi connectivity index (χ2v) is 5.47. The topological polar surface area (TPSA) is 87.6 Å². The number of morpholine rings is 1. The quantitative estimate of drug-likeness (QED) is 0.843. The molecular weight excluding hydrogens is 308 g/mol. The van der Waals surface area contributed by atoms with E-state index in [-0.39, 0.29) is 30.9 Å². The molecule has 7 nitrogen and oxygen atoms in total.